The minimum atomic E-state index is 0.249. The lowest BCUT2D eigenvalue weighted by Crippen LogP contribution is -2.06. The lowest BCUT2D eigenvalue weighted by molar-refractivity contribution is 1.20. The minimum absolute atomic E-state index is 0.249. The van der Waals surface area contributed by atoms with Crippen LogP contribution in [0.2, 0.25) is 0 Å². The van der Waals surface area contributed by atoms with Gasteiger partial charge in [-0.1, -0.05) is 5.46 Å². The summed E-state index contributed by atoms with van der Waals surface area (Å²) in [6, 6.07) is 0. The van der Waals surface area contributed by atoms with Crippen molar-refractivity contribution in [1.82, 2.24) is 9.97 Å². The zero-order chi connectivity index (χ0) is 5.98. The molecular weight excluding hydrogens is 101 g/mol. The molecule has 8 heavy (non-hydrogen) atoms. The standard InChI is InChI=1S/C4H4BN3/c5-3-1-7-4(6)8-2-3/h1-2H,(H2,6,7,8). The summed E-state index contributed by atoms with van der Waals surface area (Å²) in [5.41, 5.74) is 5.68. The molecule has 0 amide bonds. The quantitative estimate of drug-likeness (QED) is 0.424. The predicted octanol–water partition coefficient (Wildman–Crippen LogP) is -1.15. The largest absolute Gasteiger partial charge is 0.368 e. The van der Waals surface area contributed by atoms with E-state index in [2.05, 4.69) is 9.97 Å². The fraction of sp³-hybridized carbons (Fsp3) is 0. The maximum Gasteiger partial charge on any atom is 0.219 e. The first kappa shape index (κ1) is 5.09. The van der Waals surface area contributed by atoms with E-state index in [0.717, 1.165) is 0 Å². The van der Waals surface area contributed by atoms with Crippen LogP contribution in [0.1, 0.15) is 0 Å². The predicted molar refractivity (Wildman–Crippen MR) is 31.8 cm³/mol. The molecule has 3 nitrogen and oxygen atoms in total. The Bertz CT molecular complexity index is 150. The molecule has 0 aliphatic heterocycles. The van der Waals surface area contributed by atoms with Crippen molar-refractivity contribution in [3.63, 3.8) is 0 Å². The fourth-order valence-electron chi connectivity index (χ4n) is 0.348. The van der Waals surface area contributed by atoms with Gasteiger partial charge in [0.25, 0.3) is 0 Å². The second-order valence-electron chi connectivity index (χ2n) is 1.37. The SMILES string of the molecule is [B]c1cnc(N)nc1. The van der Waals surface area contributed by atoms with Crippen molar-refractivity contribution < 1.29 is 0 Å². The third kappa shape index (κ3) is 0.962. The molecular formula is C4H4BN3. The molecule has 0 unspecified atom stereocenters. The molecule has 1 aromatic rings. The van der Waals surface area contributed by atoms with Crippen LogP contribution in [0.4, 0.5) is 5.95 Å². The molecule has 4 heteroatoms. The second-order valence-corrected chi connectivity index (χ2v) is 1.37. The van der Waals surface area contributed by atoms with Gasteiger partial charge in [-0.05, 0) is 0 Å². The van der Waals surface area contributed by atoms with E-state index in [1.165, 1.54) is 12.4 Å². The molecule has 0 bridgehead atoms. The molecule has 1 aromatic heterocycles. The van der Waals surface area contributed by atoms with Gasteiger partial charge < -0.3 is 5.73 Å². The van der Waals surface area contributed by atoms with E-state index in [-0.39, 0.29) is 5.95 Å². The molecule has 0 fully saturated rings. The van der Waals surface area contributed by atoms with Crippen molar-refractivity contribution in [1.29, 1.82) is 0 Å². The molecule has 0 saturated carbocycles. The third-order valence-electron chi connectivity index (χ3n) is 0.692. The van der Waals surface area contributed by atoms with Gasteiger partial charge in [0.05, 0.1) is 0 Å². The minimum Gasteiger partial charge on any atom is -0.368 e. The van der Waals surface area contributed by atoms with Crippen LogP contribution in [0.15, 0.2) is 12.4 Å². The van der Waals surface area contributed by atoms with Crippen LogP contribution in [-0.2, 0) is 0 Å². The first-order valence-corrected chi connectivity index (χ1v) is 2.12. The number of rotatable bonds is 0. The van der Waals surface area contributed by atoms with Gasteiger partial charge in [-0.2, -0.15) is 0 Å². The van der Waals surface area contributed by atoms with Gasteiger partial charge in [-0.15, -0.1) is 0 Å². The van der Waals surface area contributed by atoms with E-state index >= 15 is 0 Å². The number of nitrogens with two attached hydrogens (primary N) is 1. The van der Waals surface area contributed by atoms with Crippen LogP contribution in [0.25, 0.3) is 0 Å². The lowest BCUT2D eigenvalue weighted by atomic mass is 10.0. The summed E-state index contributed by atoms with van der Waals surface area (Å²) in [5.74, 6) is 0.249. The van der Waals surface area contributed by atoms with E-state index < -0.39 is 0 Å². The van der Waals surface area contributed by atoms with Crippen LogP contribution < -0.4 is 11.2 Å². The van der Waals surface area contributed by atoms with E-state index in [1.54, 1.807) is 0 Å². The number of nitrogens with zero attached hydrogens (tertiary/aromatic N) is 2. The molecule has 38 valence electrons. The summed E-state index contributed by atoms with van der Waals surface area (Å²) in [6.45, 7) is 0. The van der Waals surface area contributed by atoms with Gasteiger partial charge in [-0.25, -0.2) is 9.97 Å². The van der Waals surface area contributed by atoms with Gasteiger partial charge >= 0.3 is 0 Å². The van der Waals surface area contributed by atoms with Crippen molar-refractivity contribution in [2.24, 2.45) is 0 Å². The smallest absolute Gasteiger partial charge is 0.219 e. The normalized spacial score (nSPS) is 9.00. The lowest BCUT2D eigenvalue weighted by Gasteiger charge is -1.88. The Morgan fingerprint density at radius 3 is 2.25 bits per heavy atom. The zero-order valence-corrected chi connectivity index (χ0v) is 4.20. The molecule has 0 aliphatic carbocycles. The number of hydrogen-bond acceptors (Lipinski definition) is 3. The van der Waals surface area contributed by atoms with Crippen LogP contribution >= 0.6 is 0 Å². The molecule has 0 aromatic carbocycles. The number of nitrogen functional groups attached to an aromatic ring is 1. The number of hydrogen-bond donors (Lipinski definition) is 1. The van der Waals surface area contributed by atoms with Crippen LogP contribution in [0.3, 0.4) is 0 Å². The highest BCUT2D eigenvalue weighted by Crippen LogP contribution is 1.79. The Hall–Kier alpha value is -1.06. The summed E-state index contributed by atoms with van der Waals surface area (Å²) >= 11 is 0. The first-order chi connectivity index (χ1) is 3.79. The Labute approximate surface area is 48.4 Å². The van der Waals surface area contributed by atoms with Crippen LogP contribution in [0.5, 0.6) is 0 Å². The van der Waals surface area contributed by atoms with Gasteiger partial charge in [0.2, 0.25) is 5.95 Å². The van der Waals surface area contributed by atoms with Crippen LogP contribution in [-0.4, -0.2) is 17.8 Å². The molecule has 0 atom stereocenters. The van der Waals surface area contributed by atoms with E-state index in [4.69, 9.17) is 13.6 Å². The summed E-state index contributed by atoms with van der Waals surface area (Å²) in [4.78, 5) is 7.24. The molecule has 1 rings (SSSR count). The maximum atomic E-state index is 5.25. The van der Waals surface area contributed by atoms with E-state index in [1.807, 2.05) is 0 Å². The highest BCUT2D eigenvalue weighted by atomic mass is 15.0. The Balaban J connectivity index is 3.03. The van der Waals surface area contributed by atoms with Crippen LogP contribution in [0, 0.1) is 0 Å². The average molecular weight is 105 g/mol. The number of anilines is 1. The first-order valence-electron chi connectivity index (χ1n) is 2.12. The molecule has 0 aliphatic rings. The molecule has 1 heterocycles. The molecule has 0 spiro atoms. The van der Waals surface area contributed by atoms with E-state index in [9.17, 15) is 0 Å². The van der Waals surface area contributed by atoms with Crippen molar-refractivity contribution in [2.75, 3.05) is 5.73 Å². The van der Waals surface area contributed by atoms with Crippen molar-refractivity contribution >= 4 is 19.3 Å². The number of aromatic nitrogens is 2. The topological polar surface area (TPSA) is 51.8 Å². The summed E-state index contributed by atoms with van der Waals surface area (Å²) < 4.78 is 0. The zero-order valence-electron chi connectivity index (χ0n) is 4.20. The van der Waals surface area contributed by atoms with Crippen molar-refractivity contribution in [3.8, 4) is 0 Å². The Morgan fingerprint density at radius 2 is 1.88 bits per heavy atom. The van der Waals surface area contributed by atoms with Gasteiger partial charge in [0, 0.05) is 12.4 Å². The van der Waals surface area contributed by atoms with Crippen molar-refractivity contribution in [3.05, 3.63) is 12.4 Å². The average Bonchev–Trinajstić information content (AvgIpc) is 1.77. The maximum absolute atomic E-state index is 5.25. The Morgan fingerprint density at radius 1 is 1.38 bits per heavy atom. The second kappa shape index (κ2) is 1.82. The van der Waals surface area contributed by atoms with Gasteiger partial charge in [0.1, 0.15) is 7.85 Å². The summed E-state index contributed by atoms with van der Waals surface area (Å²) in [7, 11) is 5.25. The van der Waals surface area contributed by atoms with E-state index in [0.29, 0.717) is 5.46 Å². The summed E-state index contributed by atoms with van der Waals surface area (Å²) in [5, 5.41) is 0. The Kier molecular flexibility index (Phi) is 1.16. The monoisotopic (exact) mass is 105 g/mol. The molecule has 0 saturated heterocycles. The molecule has 2 radical (unpaired) electrons. The molecule has 2 N–H and O–H groups in total. The third-order valence-corrected chi connectivity index (χ3v) is 0.692. The summed E-state index contributed by atoms with van der Waals surface area (Å²) in [6.07, 6.45) is 2.92. The van der Waals surface area contributed by atoms with Gasteiger partial charge in [0.15, 0.2) is 0 Å². The van der Waals surface area contributed by atoms with Crippen molar-refractivity contribution in [2.45, 2.75) is 0 Å². The highest BCUT2D eigenvalue weighted by molar-refractivity contribution is 6.31. The fourth-order valence-corrected chi connectivity index (χ4v) is 0.348. The highest BCUT2D eigenvalue weighted by Gasteiger charge is 1.82. The van der Waals surface area contributed by atoms with Gasteiger partial charge in [-0.3, -0.25) is 0 Å².